The van der Waals surface area contributed by atoms with Gasteiger partial charge in [-0.15, -0.1) is 0 Å². The second-order valence-corrected chi connectivity index (χ2v) is 7.04. The Morgan fingerprint density at radius 2 is 2.23 bits per heavy atom. The third-order valence-corrected chi connectivity index (χ3v) is 5.23. The predicted molar refractivity (Wildman–Crippen MR) is 88.1 cm³/mol. The van der Waals surface area contributed by atoms with Crippen LogP contribution in [0.1, 0.15) is 24.8 Å². The first-order chi connectivity index (χ1) is 10.8. The summed E-state index contributed by atoms with van der Waals surface area (Å²) in [5.41, 5.74) is 1.16. The molecule has 1 aromatic heterocycles. The van der Waals surface area contributed by atoms with Crippen molar-refractivity contribution in [2.45, 2.75) is 31.8 Å². The minimum Gasteiger partial charge on any atom is -0.381 e. The zero-order chi connectivity index (χ0) is 15.2. The van der Waals surface area contributed by atoms with Crippen LogP contribution in [0.15, 0.2) is 16.8 Å². The molecule has 22 heavy (non-hydrogen) atoms. The lowest BCUT2D eigenvalue weighted by atomic mass is 10.0. The normalized spacial score (nSPS) is 23.5. The maximum Gasteiger partial charge on any atom is 0.315 e. The van der Waals surface area contributed by atoms with Crippen LogP contribution in [0.2, 0.25) is 0 Å². The number of nitrogens with one attached hydrogen (secondary N) is 2. The molecule has 2 fully saturated rings. The summed E-state index contributed by atoms with van der Waals surface area (Å²) >= 11 is 1.65. The molecule has 2 amide bonds. The molecule has 2 N–H and O–H groups in total. The van der Waals surface area contributed by atoms with Crippen molar-refractivity contribution in [3.63, 3.8) is 0 Å². The quantitative estimate of drug-likeness (QED) is 0.872. The average molecular weight is 323 g/mol. The third kappa shape index (κ3) is 4.69. The number of amides is 2. The number of urea groups is 1. The lowest BCUT2D eigenvalue weighted by Gasteiger charge is -2.33. The van der Waals surface area contributed by atoms with E-state index < -0.39 is 0 Å². The van der Waals surface area contributed by atoms with E-state index in [1.54, 1.807) is 11.3 Å². The van der Waals surface area contributed by atoms with Crippen molar-refractivity contribution in [2.75, 3.05) is 32.8 Å². The Kier molecular flexibility index (Phi) is 5.70. The molecule has 1 aromatic rings. The molecule has 0 aromatic carbocycles. The van der Waals surface area contributed by atoms with Crippen molar-refractivity contribution in [1.82, 2.24) is 15.5 Å². The molecule has 0 bridgehead atoms. The third-order valence-electron chi connectivity index (χ3n) is 4.50. The Balaban J connectivity index is 1.32. The minimum atomic E-state index is -0.0474. The van der Waals surface area contributed by atoms with E-state index in [9.17, 15) is 4.79 Å². The van der Waals surface area contributed by atoms with Gasteiger partial charge in [-0.05, 0) is 47.6 Å². The number of piperidine rings is 1. The van der Waals surface area contributed by atoms with E-state index in [0.717, 1.165) is 51.3 Å². The summed E-state index contributed by atoms with van der Waals surface area (Å²) < 4.78 is 5.44. The van der Waals surface area contributed by atoms with Gasteiger partial charge in [-0.2, -0.15) is 11.3 Å². The van der Waals surface area contributed by atoms with Crippen LogP contribution in [0.3, 0.4) is 0 Å². The number of carbonyl (C=O) groups is 1. The smallest absolute Gasteiger partial charge is 0.315 e. The van der Waals surface area contributed by atoms with Crippen molar-refractivity contribution in [3.05, 3.63) is 22.4 Å². The first-order valence-electron chi connectivity index (χ1n) is 8.15. The number of nitrogens with zero attached hydrogens (tertiary/aromatic N) is 1. The van der Waals surface area contributed by atoms with Gasteiger partial charge in [0.15, 0.2) is 0 Å². The number of likely N-dealkylation sites (tertiary alicyclic amines) is 1. The first-order valence-corrected chi connectivity index (χ1v) is 9.09. The lowest BCUT2D eigenvalue weighted by Crippen LogP contribution is -2.48. The zero-order valence-corrected chi connectivity index (χ0v) is 13.7. The van der Waals surface area contributed by atoms with Crippen LogP contribution in [0.4, 0.5) is 4.79 Å². The van der Waals surface area contributed by atoms with E-state index >= 15 is 0 Å². The van der Waals surface area contributed by atoms with Crippen LogP contribution < -0.4 is 10.6 Å². The fraction of sp³-hybridized carbons (Fsp3) is 0.688. The van der Waals surface area contributed by atoms with Gasteiger partial charge >= 0.3 is 6.03 Å². The number of rotatable bonds is 5. The van der Waals surface area contributed by atoms with E-state index in [1.165, 1.54) is 6.42 Å². The summed E-state index contributed by atoms with van der Waals surface area (Å²) in [4.78, 5) is 14.4. The average Bonchev–Trinajstić information content (AvgIpc) is 3.20. The van der Waals surface area contributed by atoms with Crippen LogP contribution >= 0.6 is 11.3 Å². The maximum atomic E-state index is 11.9. The predicted octanol–water partition coefficient (Wildman–Crippen LogP) is 2.05. The highest BCUT2D eigenvalue weighted by Crippen LogP contribution is 2.17. The second-order valence-electron chi connectivity index (χ2n) is 6.26. The Morgan fingerprint density at radius 1 is 1.36 bits per heavy atom. The molecule has 0 radical (unpaired) electrons. The summed E-state index contributed by atoms with van der Waals surface area (Å²) in [6.07, 6.45) is 3.28. The maximum absolute atomic E-state index is 11.9. The van der Waals surface area contributed by atoms with Crippen molar-refractivity contribution in [2.24, 2.45) is 5.92 Å². The lowest BCUT2D eigenvalue weighted by molar-refractivity contribution is 0.148. The van der Waals surface area contributed by atoms with Gasteiger partial charge < -0.3 is 20.3 Å². The van der Waals surface area contributed by atoms with E-state index in [4.69, 9.17) is 4.74 Å². The standard InChI is InChI=1S/C16H25N3O2S/c20-16(17-9-13-4-8-22-12-13)18-15-1-5-19(6-2-15)10-14-3-7-21-11-14/h4,8,12,14-15H,1-3,5-7,9-11H2,(H2,17,18,20). The summed E-state index contributed by atoms with van der Waals surface area (Å²) in [6.45, 7) is 5.75. The molecule has 2 aliphatic rings. The fourth-order valence-corrected chi connectivity index (χ4v) is 3.83. The van der Waals surface area contributed by atoms with Crippen molar-refractivity contribution < 1.29 is 9.53 Å². The van der Waals surface area contributed by atoms with Gasteiger partial charge in [-0.1, -0.05) is 0 Å². The Morgan fingerprint density at radius 3 is 2.91 bits per heavy atom. The van der Waals surface area contributed by atoms with E-state index in [0.29, 0.717) is 18.5 Å². The highest BCUT2D eigenvalue weighted by Gasteiger charge is 2.24. The van der Waals surface area contributed by atoms with E-state index in [1.807, 2.05) is 11.4 Å². The Bertz CT molecular complexity index is 452. The number of thiophene rings is 1. The monoisotopic (exact) mass is 323 g/mol. The molecule has 122 valence electrons. The molecule has 3 rings (SSSR count). The minimum absolute atomic E-state index is 0.0474. The van der Waals surface area contributed by atoms with E-state index in [2.05, 4.69) is 20.9 Å². The van der Waals surface area contributed by atoms with Crippen LogP contribution in [0, 0.1) is 5.92 Å². The van der Waals surface area contributed by atoms with Gasteiger partial charge in [0.2, 0.25) is 0 Å². The molecule has 5 nitrogen and oxygen atoms in total. The zero-order valence-electron chi connectivity index (χ0n) is 12.9. The van der Waals surface area contributed by atoms with Gasteiger partial charge in [0, 0.05) is 38.8 Å². The molecule has 2 saturated heterocycles. The van der Waals surface area contributed by atoms with Crippen LogP contribution in [0.25, 0.3) is 0 Å². The Labute approximate surface area is 136 Å². The molecule has 1 atom stereocenters. The second kappa shape index (κ2) is 7.94. The molecule has 6 heteroatoms. The summed E-state index contributed by atoms with van der Waals surface area (Å²) in [5.74, 6) is 0.707. The highest BCUT2D eigenvalue weighted by atomic mass is 32.1. The molecule has 2 aliphatic heterocycles. The van der Waals surface area contributed by atoms with Gasteiger partial charge in [0.25, 0.3) is 0 Å². The van der Waals surface area contributed by atoms with Crippen molar-refractivity contribution in [3.8, 4) is 0 Å². The topological polar surface area (TPSA) is 53.6 Å². The number of ether oxygens (including phenoxy) is 1. The van der Waals surface area contributed by atoms with Gasteiger partial charge in [-0.25, -0.2) is 4.79 Å². The fourth-order valence-electron chi connectivity index (χ4n) is 3.16. The van der Waals surface area contributed by atoms with Gasteiger partial charge in [-0.3, -0.25) is 0 Å². The molecular formula is C16H25N3O2S. The Hall–Kier alpha value is -1.11. The molecular weight excluding hydrogens is 298 g/mol. The molecule has 0 aliphatic carbocycles. The molecule has 0 saturated carbocycles. The molecule has 0 spiro atoms. The van der Waals surface area contributed by atoms with E-state index in [-0.39, 0.29) is 6.03 Å². The molecule has 3 heterocycles. The summed E-state index contributed by atoms with van der Waals surface area (Å²) in [7, 11) is 0. The molecule has 1 unspecified atom stereocenters. The number of hydrogen-bond acceptors (Lipinski definition) is 4. The summed E-state index contributed by atoms with van der Waals surface area (Å²) in [6, 6.07) is 2.29. The number of hydrogen-bond donors (Lipinski definition) is 2. The van der Waals surface area contributed by atoms with Crippen molar-refractivity contribution in [1.29, 1.82) is 0 Å². The van der Waals surface area contributed by atoms with Gasteiger partial charge in [0.05, 0.1) is 6.61 Å². The van der Waals surface area contributed by atoms with Crippen LogP contribution in [-0.2, 0) is 11.3 Å². The number of carbonyl (C=O) groups excluding carboxylic acids is 1. The SMILES string of the molecule is O=C(NCc1ccsc1)NC1CCN(CC2CCOC2)CC1. The van der Waals surface area contributed by atoms with Gasteiger partial charge in [0.1, 0.15) is 0 Å². The highest BCUT2D eigenvalue weighted by molar-refractivity contribution is 7.07. The first kappa shape index (κ1) is 15.8. The largest absolute Gasteiger partial charge is 0.381 e. The van der Waals surface area contributed by atoms with Crippen LogP contribution in [-0.4, -0.2) is 49.8 Å². The van der Waals surface area contributed by atoms with Crippen LogP contribution in [0.5, 0.6) is 0 Å². The summed E-state index contributed by atoms with van der Waals surface area (Å²) in [5, 5.41) is 10.1. The van der Waals surface area contributed by atoms with Crippen molar-refractivity contribution >= 4 is 17.4 Å².